The summed E-state index contributed by atoms with van der Waals surface area (Å²) in [4.78, 5) is 27.7. The number of pyridine rings is 1. The van der Waals surface area contributed by atoms with Gasteiger partial charge in [-0.3, -0.25) is 15.1 Å². The van der Waals surface area contributed by atoms with Crippen LogP contribution >= 0.6 is 0 Å². The van der Waals surface area contributed by atoms with Crippen molar-refractivity contribution < 1.29 is 9.66 Å². The Morgan fingerprint density at radius 2 is 1.92 bits per heavy atom. The van der Waals surface area contributed by atoms with Crippen LogP contribution in [0.15, 0.2) is 24.7 Å². The van der Waals surface area contributed by atoms with Crippen molar-refractivity contribution in [2.45, 2.75) is 6.92 Å². The maximum absolute atomic E-state index is 11.3. The molecule has 3 heterocycles. The molecular formula is C15H18N6O3. The fourth-order valence-corrected chi connectivity index (χ4v) is 2.73. The zero-order valence-electron chi connectivity index (χ0n) is 13.5. The number of rotatable bonds is 4. The molecule has 3 rings (SSSR count). The van der Waals surface area contributed by atoms with E-state index in [1.54, 1.807) is 38.7 Å². The molecular weight excluding hydrogens is 312 g/mol. The van der Waals surface area contributed by atoms with Gasteiger partial charge in [-0.1, -0.05) is 0 Å². The molecule has 1 fully saturated rings. The first-order chi connectivity index (χ1) is 11.6. The summed E-state index contributed by atoms with van der Waals surface area (Å²) in [6.45, 7) is 4.32. The summed E-state index contributed by atoms with van der Waals surface area (Å²) in [5, 5.41) is 11.3. The predicted octanol–water partition coefficient (Wildman–Crippen LogP) is 1.42. The van der Waals surface area contributed by atoms with Gasteiger partial charge in [0.15, 0.2) is 5.82 Å². The average Bonchev–Trinajstić information content (AvgIpc) is 2.61. The summed E-state index contributed by atoms with van der Waals surface area (Å²) in [6.07, 6.45) is 4.85. The number of anilines is 2. The fraction of sp³-hybridized carbons (Fsp3) is 0.400. The van der Waals surface area contributed by atoms with Crippen molar-refractivity contribution in [2.75, 3.05) is 43.1 Å². The van der Waals surface area contributed by atoms with Crippen molar-refractivity contribution in [3.8, 4) is 5.88 Å². The van der Waals surface area contributed by atoms with Crippen molar-refractivity contribution in [2.24, 2.45) is 0 Å². The molecule has 0 aromatic carbocycles. The number of nitrogens with zero attached hydrogens (tertiary/aromatic N) is 6. The highest BCUT2D eigenvalue weighted by Gasteiger charge is 2.27. The summed E-state index contributed by atoms with van der Waals surface area (Å²) < 4.78 is 5.10. The number of aromatic nitrogens is 3. The lowest BCUT2D eigenvalue weighted by Gasteiger charge is -2.35. The van der Waals surface area contributed by atoms with Crippen LogP contribution in [0.3, 0.4) is 0 Å². The quantitative estimate of drug-likeness (QED) is 0.613. The fourth-order valence-electron chi connectivity index (χ4n) is 2.73. The Morgan fingerprint density at radius 3 is 2.58 bits per heavy atom. The number of aryl methyl sites for hydroxylation is 1. The lowest BCUT2D eigenvalue weighted by Crippen LogP contribution is -2.47. The highest BCUT2D eigenvalue weighted by molar-refractivity contribution is 5.62. The highest BCUT2D eigenvalue weighted by Crippen LogP contribution is 2.30. The van der Waals surface area contributed by atoms with Crippen LogP contribution in [-0.2, 0) is 0 Å². The van der Waals surface area contributed by atoms with Gasteiger partial charge >= 0.3 is 5.69 Å². The van der Waals surface area contributed by atoms with Crippen molar-refractivity contribution >= 4 is 17.3 Å². The third-order valence-corrected chi connectivity index (χ3v) is 4.00. The van der Waals surface area contributed by atoms with E-state index in [2.05, 4.69) is 19.9 Å². The molecule has 1 saturated heterocycles. The molecule has 0 N–H and O–H groups in total. The molecule has 0 atom stereocenters. The molecule has 0 amide bonds. The summed E-state index contributed by atoms with van der Waals surface area (Å²) in [7, 11) is 1.55. The van der Waals surface area contributed by atoms with Crippen LogP contribution in [0.25, 0.3) is 0 Å². The molecule has 2 aromatic heterocycles. The molecule has 0 spiro atoms. The minimum atomic E-state index is -0.364. The molecule has 1 aliphatic rings. The van der Waals surface area contributed by atoms with Gasteiger partial charge in [0, 0.05) is 37.9 Å². The Kier molecular flexibility index (Phi) is 4.41. The van der Waals surface area contributed by atoms with E-state index in [0.29, 0.717) is 43.4 Å². The largest absolute Gasteiger partial charge is 0.480 e. The Hall–Kier alpha value is -2.97. The van der Waals surface area contributed by atoms with E-state index in [1.165, 1.54) is 0 Å². The third kappa shape index (κ3) is 3.05. The van der Waals surface area contributed by atoms with E-state index in [4.69, 9.17) is 4.74 Å². The van der Waals surface area contributed by atoms with E-state index in [-0.39, 0.29) is 10.6 Å². The number of hydrogen-bond donors (Lipinski definition) is 0. The van der Waals surface area contributed by atoms with Gasteiger partial charge in [0.05, 0.1) is 24.4 Å². The smallest absolute Gasteiger partial charge is 0.314 e. The van der Waals surface area contributed by atoms with E-state index < -0.39 is 0 Å². The summed E-state index contributed by atoms with van der Waals surface area (Å²) >= 11 is 0. The van der Waals surface area contributed by atoms with Crippen LogP contribution in [0, 0.1) is 17.0 Å². The van der Waals surface area contributed by atoms with Crippen LogP contribution in [0.5, 0.6) is 5.88 Å². The van der Waals surface area contributed by atoms with E-state index in [1.807, 2.05) is 4.90 Å². The first kappa shape index (κ1) is 15.9. The Balaban J connectivity index is 1.76. The molecule has 24 heavy (non-hydrogen) atoms. The zero-order chi connectivity index (χ0) is 17.1. The molecule has 126 valence electrons. The molecule has 0 saturated carbocycles. The minimum absolute atomic E-state index is 0.0760. The summed E-state index contributed by atoms with van der Waals surface area (Å²) in [5.41, 5.74) is 0.693. The van der Waals surface area contributed by atoms with Gasteiger partial charge in [0.25, 0.3) is 0 Å². The predicted molar refractivity (Wildman–Crippen MR) is 88.6 cm³/mol. The lowest BCUT2D eigenvalue weighted by molar-refractivity contribution is -0.384. The van der Waals surface area contributed by atoms with Crippen LogP contribution in [0.4, 0.5) is 17.3 Å². The van der Waals surface area contributed by atoms with Crippen molar-refractivity contribution in [1.29, 1.82) is 0 Å². The second kappa shape index (κ2) is 6.65. The number of hydrogen-bond acceptors (Lipinski definition) is 8. The van der Waals surface area contributed by atoms with Gasteiger partial charge in [-0.2, -0.15) is 4.98 Å². The summed E-state index contributed by atoms with van der Waals surface area (Å²) in [5.74, 6) is 1.63. The summed E-state index contributed by atoms with van der Waals surface area (Å²) in [6, 6.07) is 1.66. The van der Waals surface area contributed by atoms with Crippen molar-refractivity contribution in [3.63, 3.8) is 0 Å². The second-order valence-electron chi connectivity index (χ2n) is 5.45. The zero-order valence-corrected chi connectivity index (χ0v) is 13.5. The molecule has 9 heteroatoms. The normalized spacial score (nSPS) is 14.6. The first-order valence-corrected chi connectivity index (χ1v) is 7.56. The van der Waals surface area contributed by atoms with Gasteiger partial charge in [0.1, 0.15) is 0 Å². The molecule has 2 aromatic rings. The van der Waals surface area contributed by atoms with E-state index in [9.17, 15) is 10.1 Å². The molecule has 0 radical (unpaired) electrons. The van der Waals surface area contributed by atoms with Gasteiger partial charge in [-0.05, 0) is 13.0 Å². The van der Waals surface area contributed by atoms with Crippen LogP contribution in [0.1, 0.15) is 5.56 Å². The minimum Gasteiger partial charge on any atom is -0.480 e. The second-order valence-corrected chi connectivity index (χ2v) is 5.45. The molecule has 0 bridgehead atoms. The van der Waals surface area contributed by atoms with Gasteiger partial charge in [0.2, 0.25) is 11.7 Å². The van der Waals surface area contributed by atoms with Crippen LogP contribution < -0.4 is 14.5 Å². The highest BCUT2D eigenvalue weighted by atomic mass is 16.6. The van der Waals surface area contributed by atoms with E-state index in [0.717, 1.165) is 5.82 Å². The number of methoxy groups -OCH3 is 1. The maximum Gasteiger partial charge on any atom is 0.314 e. The lowest BCUT2D eigenvalue weighted by atomic mass is 10.2. The molecule has 0 aliphatic carbocycles. The average molecular weight is 330 g/mol. The number of ether oxygens (including phenoxy) is 1. The number of piperazine rings is 1. The standard InChI is InChI=1S/C15H18N6O3/c1-11-3-4-17-15(14(11)21(22)23)20-7-5-19(6-8-20)12-9-16-10-13(18-12)24-2/h3-4,9-10H,5-8H2,1-2H3. The number of nitro groups is 1. The topological polar surface area (TPSA) is 97.5 Å². The van der Waals surface area contributed by atoms with Gasteiger partial charge in [-0.15, -0.1) is 0 Å². The first-order valence-electron chi connectivity index (χ1n) is 7.56. The SMILES string of the molecule is COc1cncc(N2CCN(c3nccc(C)c3[N+](=O)[O-])CC2)n1. The van der Waals surface area contributed by atoms with Gasteiger partial charge < -0.3 is 14.5 Å². The van der Waals surface area contributed by atoms with Crippen molar-refractivity contribution in [3.05, 3.63) is 40.3 Å². The molecule has 1 aliphatic heterocycles. The van der Waals surface area contributed by atoms with Gasteiger partial charge in [-0.25, -0.2) is 4.98 Å². The molecule has 9 nitrogen and oxygen atoms in total. The van der Waals surface area contributed by atoms with Crippen LogP contribution in [-0.4, -0.2) is 53.2 Å². The maximum atomic E-state index is 11.3. The Morgan fingerprint density at radius 1 is 1.21 bits per heavy atom. The van der Waals surface area contributed by atoms with E-state index >= 15 is 0 Å². The van der Waals surface area contributed by atoms with Crippen molar-refractivity contribution in [1.82, 2.24) is 15.0 Å². The third-order valence-electron chi connectivity index (χ3n) is 4.00. The Bertz CT molecular complexity index is 746. The molecule has 0 unspecified atom stereocenters. The van der Waals surface area contributed by atoms with Crippen LogP contribution in [0.2, 0.25) is 0 Å². The Labute approximate surface area is 139 Å². The monoisotopic (exact) mass is 330 g/mol.